The van der Waals surface area contributed by atoms with E-state index < -0.39 is 12.1 Å². The molecule has 0 fully saturated rings. The molecule has 2 aromatic rings. The number of benzene rings is 2. The molecule has 2 amide bonds. The number of hydrogen-bond donors (Lipinski definition) is 3. The summed E-state index contributed by atoms with van der Waals surface area (Å²) in [4.78, 5) is 11.8. The molecule has 2 rings (SSSR count). The van der Waals surface area contributed by atoms with E-state index in [0.717, 1.165) is 0 Å². The molecular formula is C15H13Cl3N2O2. The van der Waals surface area contributed by atoms with Gasteiger partial charge in [-0.1, -0.05) is 46.9 Å². The number of anilines is 1. The Labute approximate surface area is 143 Å². The van der Waals surface area contributed by atoms with Crippen LogP contribution in [0, 0.1) is 0 Å². The van der Waals surface area contributed by atoms with E-state index in [2.05, 4.69) is 10.6 Å². The SMILES string of the molecule is O=C(NC[C@H](O)c1cccc(Cl)c1)Nc1ccc(Cl)cc1Cl. The quantitative estimate of drug-likeness (QED) is 0.752. The van der Waals surface area contributed by atoms with Gasteiger partial charge in [0.25, 0.3) is 0 Å². The van der Waals surface area contributed by atoms with Crippen molar-refractivity contribution in [1.29, 1.82) is 0 Å². The molecule has 0 aliphatic carbocycles. The van der Waals surface area contributed by atoms with E-state index >= 15 is 0 Å². The molecule has 22 heavy (non-hydrogen) atoms. The third kappa shape index (κ3) is 4.78. The maximum atomic E-state index is 11.8. The van der Waals surface area contributed by atoms with Crippen molar-refractivity contribution in [2.24, 2.45) is 0 Å². The largest absolute Gasteiger partial charge is 0.387 e. The number of amides is 2. The van der Waals surface area contributed by atoms with Gasteiger partial charge in [0.15, 0.2) is 0 Å². The Morgan fingerprint density at radius 3 is 2.50 bits per heavy atom. The van der Waals surface area contributed by atoms with E-state index in [0.29, 0.717) is 26.3 Å². The number of carbonyl (C=O) groups excluding carboxylic acids is 1. The van der Waals surface area contributed by atoms with Gasteiger partial charge in [0.1, 0.15) is 0 Å². The van der Waals surface area contributed by atoms with Gasteiger partial charge in [-0.05, 0) is 35.9 Å². The molecule has 0 aromatic heterocycles. The Morgan fingerprint density at radius 1 is 1.09 bits per heavy atom. The summed E-state index contributed by atoms with van der Waals surface area (Å²) in [6.07, 6.45) is -0.856. The third-order valence-corrected chi connectivity index (χ3v) is 3.65. The summed E-state index contributed by atoms with van der Waals surface area (Å²) in [6.45, 7) is 0.0391. The van der Waals surface area contributed by atoms with Gasteiger partial charge in [-0.15, -0.1) is 0 Å². The Kier molecular flexibility index (Phi) is 5.91. The van der Waals surface area contributed by atoms with Crippen LogP contribution in [-0.2, 0) is 0 Å². The highest BCUT2D eigenvalue weighted by Gasteiger charge is 2.11. The number of hydrogen-bond acceptors (Lipinski definition) is 2. The lowest BCUT2D eigenvalue weighted by Gasteiger charge is -2.13. The Hall–Kier alpha value is -1.46. The van der Waals surface area contributed by atoms with Crippen LogP contribution in [0.5, 0.6) is 0 Å². The second-order valence-electron chi connectivity index (χ2n) is 4.53. The fourth-order valence-corrected chi connectivity index (χ4v) is 2.43. The fourth-order valence-electron chi connectivity index (χ4n) is 1.78. The molecule has 0 saturated heterocycles. The third-order valence-electron chi connectivity index (χ3n) is 2.87. The normalized spacial score (nSPS) is 11.8. The average Bonchev–Trinajstić information content (AvgIpc) is 2.47. The number of carbonyl (C=O) groups is 1. The highest BCUT2D eigenvalue weighted by atomic mass is 35.5. The molecule has 0 aliphatic heterocycles. The Bertz CT molecular complexity index is 680. The lowest BCUT2D eigenvalue weighted by Crippen LogP contribution is -2.32. The van der Waals surface area contributed by atoms with Crippen LogP contribution in [-0.4, -0.2) is 17.7 Å². The van der Waals surface area contributed by atoms with E-state index in [1.54, 1.807) is 36.4 Å². The highest BCUT2D eigenvalue weighted by molar-refractivity contribution is 6.36. The summed E-state index contributed by atoms with van der Waals surface area (Å²) in [5.41, 5.74) is 1.05. The van der Waals surface area contributed by atoms with Crippen molar-refractivity contribution in [2.75, 3.05) is 11.9 Å². The summed E-state index contributed by atoms with van der Waals surface area (Å²) in [5.74, 6) is 0. The van der Waals surface area contributed by atoms with Gasteiger partial charge in [-0.3, -0.25) is 0 Å². The minimum absolute atomic E-state index is 0.0391. The zero-order chi connectivity index (χ0) is 16.1. The van der Waals surface area contributed by atoms with Crippen LogP contribution in [0.4, 0.5) is 10.5 Å². The van der Waals surface area contributed by atoms with Crippen molar-refractivity contribution in [3.05, 3.63) is 63.1 Å². The Balaban J connectivity index is 1.90. The number of aliphatic hydroxyl groups is 1. The maximum absolute atomic E-state index is 11.8. The van der Waals surface area contributed by atoms with E-state index in [-0.39, 0.29) is 6.54 Å². The lowest BCUT2D eigenvalue weighted by atomic mass is 10.1. The topological polar surface area (TPSA) is 61.4 Å². The zero-order valence-electron chi connectivity index (χ0n) is 11.3. The standard InChI is InChI=1S/C15H13Cl3N2O2/c16-10-3-1-2-9(6-10)14(21)8-19-15(22)20-13-5-4-11(17)7-12(13)18/h1-7,14,21H,8H2,(H2,19,20,22)/t14-/m0/s1. The van der Waals surface area contributed by atoms with Crippen molar-refractivity contribution < 1.29 is 9.90 Å². The van der Waals surface area contributed by atoms with Crippen LogP contribution in [0.15, 0.2) is 42.5 Å². The molecule has 0 unspecified atom stereocenters. The number of urea groups is 1. The van der Waals surface area contributed by atoms with Crippen molar-refractivity contribution in [1.82, 2.24) is 5.32 Å². The lowest BCUT2D eigenvalue weighted by molar-refractivity contribution is 0.175. The van der Waals surface area contributed by atoms with E-state index in [1.165, 1.54) is 6.07 Å². The number of rotatable bonds is 4. The van der Waals surface area contributed by atoms with Crippen molar-refractivity contribution >= 4 is 46.5 Å². The Morgan fingerprint density at radius 2 is 1.82 bits per heavy atom. The number of nitrogens with one attached hydrogen (secondary N) is 2. The fraction of sp³-hybridized carbons (Fsp3) is 0.133. The molecule has 0 aliphatic rings. The van der Waals surface area contributed by atoms with Crippen LogP contribution in [0.1, 0.15) is 11.7 Å². The van der Waals surface area contributed by atoms with Gasteiger partial charge in [-0.2, -0.15) is 0 Å². The summed E-state index contributed by atoms with van der Waals surface area (Å²) >= 11 is 17.6. The van der Waals surface area contributed by atoms with E-state index in [4.69, 9.17) is 34.8 Å². The molecule has 0 saturated carbocycles. The van der Waals surface area contributed by atoms with Crippen molar-refractivity contribution in [3.8, 4) is 0 Å². The second kappa shape index (κ2) is 7.70. The predicted molar refractivity (Wildman–Crippen MR) is 89.9 cm³/mol. The first-order valence-corrected chi connectivity index (χ1v) is 7.52. The van der Waals surface area contributed by atoms with Crippen LogP contribution in [0.2, 0.25) is 15.1 Å². The maximum Gasteiger partial charge on any atom is 0.319 e. The molecule has 116 valence electrons. The molecule has 2 aromatic carbocycles. The highest BCUT2D eigenvalue weighted by Crippen LogP contribution is 2.25. The van der Waals surface area contributed by atoms with Crippen LogP contribution >= 0.6 is 34.8 Å². The first kappa shape index (κ1) is 16.9. The van der Waals surface area contributed by atoms with Crippen LogP contribution in [0.3, 0.4) is 0 Å². The van der Waals surface area contributed by atoms with Crippen molar-refractivity contribution in [3.63, 3.8) is 0 Å². The minimum Gasteiger partial charge on any atom is -0.387 e. The predicted octanol–water partition coefficient (Wildman–Crippen LogP) is 4.50. The molecule has 0 heterocycles. The van der Waals surface area contributed by atoms with Gasteiger partial charge in [0, 0.05) is 16.6 Å². The van der Waals surface area contributed by atoms with E-state index in [1.807, 2.05) is 0 Å². The molecule has 3 N–H and O–H groups in total. The van der Waals surface area contributed by atoms with E-state index in [9.17, 15) is 9.90 Å². The number of aliphatic hydroxyl groups excluding tert-OH is 1. The van der Waals surface area contributed by atoms with Gasteiger partial charge in [0.2, 0.25) is 0 Å². The molecule has 4 nitrogen and oxygen atoms in total. The van der Waals surface area contributed by atoms with Crippen LogP contribution < -0.4 is 10.6 Å². The minimum atomic E-state index is -0.856. The van der Waals surface area contributed by atoms with Gasteiger partial charge < -0.3 is 15.7 Å². The van der Waals surface area contributed by atoms with Crippen LogP contribution in [0.25, 0.3) is 0 Å². The van der Waals surface area contributed by atoms with Crippen molar-refractivity contribution in [2.45, 2.75) is 6.10 Å². The van der Waals surface area contributed by atoms with Gasteiger partial charge in [-0.25, -0.2) is 4.79 Å². The van der Waals surface area contributed by atoms with Gasteiger partial charge in [0.05, 0.1) is 16.8 Å². The zero-order valence-corrected chi connectivity index (χ0v) is 13.6. The molecule has 0 radical (unpaired) electrons. The number of halogens is 3. The summed E-state index contributed by atoms with van der Waals surface area (Å²) in [7, 11) is 0. The molecule has 0 spiro atoms. The first-order valence-electron chi connectivity index (χ1n) is 6.39. The smallest absolute Gasteiger partial charge is 0.319 e. The monoisotopic (exact) mass is 358 g/mol. The van der Waals surface area contributed by atoms with Gasteiger partial charge >= 0.3 is 6.03 Å². The second-order valence-corrected chi connectivity index (χ2v) is 5.81. The molecular weight excluding hydrogens is 347 g/mol. The summed E-state index contributed by atoms with van der Waals surface area (Å²) in [5, 5.41) is 16.5. The average molecular weight is 360 g/mol. The first-order chi connectivity index (χ1) is 10.5. The molecule has 0 bridgehead atoms. The molecule has 7 heteroatoms. The summed E-state index contributed by atoms with van der Waals surface area (Å²) < 4.78 is 0. The summed E-state index contributed by atoms with van der Waals surface area (Å²) in [6, 6.07) is 11.1. The molecule has 1 atom stereocenters.